The van der Waals surface area contributed by atoms with Crippen molar-refractivity contribution in [2.24, 2.45) is 11.8 Å². The fourth-order valence-electron chi connectivity index (χ4n) is 4.36. The van der Waals surface area contributed by atoms with E-state index in [-0.39, 0.29) is 12.5 Å². The Morgan fingerprint density at radius 1 is 1.16 bits per heavy atom. The average molecular weight is 459 g/mol. The van der Waals surface area contributed by atoms with Crippen LogP contribution in [0.3, 0.4) is 0 Å². The van der Waals surface area contributed by atoms with Crippen LogP contribution >= 0.6 is 0 Å². The molecule has 1 aromatic rings. The van der Waals surface area contributed by atoms with E-state index in [1.54, 1.807) is 6.92 Å². The first-order chi connectivity index (χ1) is 15.3. The SMILES string of the molecule is CCOC(=O)[C@H](Cc1ccc(OCCNC2[C@H]3CN(CCC(F)(F)F)C[C@@H]23)cc1)OCC. The summed E-state index contributed by atoms with van der Waals surface area (Å²) in [7, 11) is 0. The van der Waals surface area contributed by atoms with Crippen LogP contribution in [0.5, 0.6) is 5.75 Å². The van der Waals surface area contributed by atoms with Gasteiger partial charge in [0.15, 0.2) is 6.10 Å². The van der Waals surface area contributed by atoms with Crippen molar-refractivity contribution in [3.05, 3.63) is 29.8 Å². The molecular weight excluding hydrogens is 425 g/mol. The summed E-state index contributed by atoms with van der Waals surface area (Å²) < 4.78 is 53.3. The monoisotopic (exact) mass is 458 g/mol. The summed E-state index contributed by atoms with van der Waals surface area (Å²) in [5, 5.41) is 3.46. The van der Waals surface area contributed by atoms with Crippen molar-refractivity contribution in [3.63, 3.8) is 0 Å². The largest absolute Gasteiger partial charge is 0.492 e. The molecule has 6 nitrogen and oxygen atoms in total. The Kier molecular flexibility index (Phi) is 8.79. The van der Waals surface area contributed by atoms with Crippen molar-refractivity contribution in [1.82, 2.24) is 10.2 Å². The highest BCUT2D eigenvalue weighted by atomic mass is 19.4. The second-order valence-corrected chi connectivity index (χ2v) is 8.32. The van der Waals surface area contributed by atoms with E-state index in [0.29, 0.717) is 50.7 Å². The van der Waals surface area contributed by atoms with Crippen molar-refractivity contribution < 1.29 is 32.2 Å². The van der Waals surface area contributed by atoms with E-state index in [1.165, 1.54) is 0 Å². The molecule has 0 amide bonds. The van der Waals surface area contributed by atoms with Crippen LogP contribution in [0.2, 0.25) is 0 Å². The molecule has 1 saturated carbocycles. The zero-order valence-corrected chi connectivity index (χ0v) is 18.7. The lowest BCUT2D eigenvalue weighted by Crippen LogP contribution is -2.34. The lowest BCUT2D eigenvalue weighted by molar-refractivity contribution is -0.156. The molecule has 1 heterocycles. The highest BCUT2D eigenvalue weighted by molar-refractivity contribution is 5.75. The standard InChI is InChI=1S/C23H33F3N2O4/c1-3-30-20(22(29)31-4-2)13-16-5-7-17(8-6-16)32-12-10-27-21-18-14-28(15-19(18)21)11-9-23(24,25)26/h5-8,18-21,27H,3-4,9-15H2,1-2H3/t18-,19+,20-,21?/m0/s1. The molecule has 1 aliphatic carbocycles. The van der Waals surface area contributed by atoms with Gasteiger partial charge in [0.2, 0.25) is 0 Å². The number of carbonyl (C=O) groups excluding carboxylic acids is 1. The summed E-state index contributed by atoms with van der Waals surface area (Å²) in [5.74, 6) is 1.31. The van der Waals surface area contributed by atoms with Gasteiger partial charge in [0.05, 0.1) is 13.0 Å². The third kappa shape index (κ3) is 7.35. The Labute approximate surface area is 187 Å². The lowest BCUT2D eigenvalue weighted by atomic mass is 10.1. The van der Waals surface area contributed by atoms with Gasteiger partial charge in [-0.15, -0.1) is 0 Å². The maximum Gasteiger partial charge on any atom is 0.390 e. The van der Waals surface area contributed by atoms with Crippen molar-refractivity contribution in [2.75, 3.05) is 46.0 Å². The van der Waals surface area contributed by atoms with Crippen molar-refractivity contribution in [2.45, 2.75) is 45.0 Å². The number of rotatable bonds is 13. The highest BCUT2D eigenvalue weighted by Gasteiger charge is 2.55. The number of hydrogen-bond donors (Lipinski definition) is 1. The Balaban J connectivity index is 1.31. The lowest BCUT2D eigenvalue weighted by Gasteiger charge is -2.20. The number of carbonyl (C=O) groups is 1. The minimum atomic E-state index is -4.08. The topological polar surface area (TPSA) is 60.0 Å². The first kappa shape index (κ1) is 24.8. The summed E-state index contributed by atoms with van der Waals surface area (Å²) in [4.78, 5) is 13.9. The van der Waals surface area contributed by atoms with Gasteiger partial charge in [-0.1, -0.05) is 12.1 Å². The molecule has 0 radical (unpaired) electrons. The first-order valence-electron chi connectivity index (χ1n) is 11.3. The minimum absolute atomic E-state index is 0.105. The fourth-order valence-corrected chi connectivity index (χ4v) is 4.36. The molecule has 1 aliphatic heterocycles. The second-order valence-electron chi connectivity index (χ2n) is 8.32. The van der Waals surface area contributed by atoms with E-state index < -0.39 is 18.7 Å². The number of nitrogens with zero attached hydrogens (tertiary/aromatic N) is 1. The van der Waals surface area contributed by atoms with E-state index >= 15 is 0 Å². The zero-order chi connectivity index (χ0) is 23.1. The normalized spacial score (nSPS) is 23.6. The number of hydrogen-bond acceptors (Lipinski definition) is 6. The van der Waals surface area contributed by atoms with Gasteiger partial charge in [-0.05, 0) is 43.4 Å². The predicted octanol–water partition coefficient (Wildman–Crippen LogP) is 3.05. The summed E-state index contributed by atoms with van der Waals surface area (Å²) in [5.41, 5.74) is 0.961. The van der Waals surface area contributed by atoms with Gasteiger partial charge in [0.25, 0.3) is 0 Å². The molecule has 3 rings (SSSR count). The maximum atomic E-state index is 12.3. The second kappa shape index (κ2) is 11.3. The predicted molar refractivity (Wildman–Crippen MR) is 114 cm³/mol. The Morgan fingerprint density at radius 2 is 1.84 bits per heavy atom. The molecule has 32 heavy (non-hydrogen) atoms. The molecule has 1 aromatic carbocycles. The van der Waals surface area contributed by atoms with Crippen LogP contribution in [-0.2, 0) is 20.7 Å². The van der Waals surface area contributed by atoms with Gasteiger partial charge in [-0.25, -0.2) is 4.79 Å². The van der Waals surface area contributed by atoms with Crippen LogP contribution in [0.1, 0.15) is 25.8 Å². The van der Waals surface area contributed by atoms with Crippen LogP contribution in [-0.4, -0.2) is 75.2 Å². The van der Waals surface area contributed by atoms with E-state index in [9.17, 15) is 18.0 Å². The molecule has 4 atom stereocenters. The van der Waals surface area contributed by atoms with Crippen LogP contribution in [0.25, 0.3) is 0 Å². The van der Waals surface area contributed by atoms with Gasteiger partial charge in [0.1, 0.15) is 12.4 Å². The van der Waals surface area contributed by atoms with Gasteiger partial charge >= 0.3 is 12.1 Å². The third-order valence-electron chi connectivity index (χ3n) is 5.99. The molecular formula is C23H33F3N2O4. The van der Waals surface area contributed by atoms with Crippen molar-refractivity contribution >= 4 is 5.97 Å². The van der Waals surface area contributed by atoms with Gasteiger partial charge in [0, 0.05) is 45.2 Å². The van der Waals surface area contributed by atoms with Crippen molar-refractivity contribution in [1.29, 1.82) is 0 Å². The number of esters is 1. The van der Waals surface area contributed by atoms with Gasteiger partial charge in [-0.3, -0.25) is 0 Å². The quantitative estimate of drug-likeness (QED) is 0.362. The molecule has 0 aromatic heterocycles. The Bertz CT molecular complexity index is 717. The van der Waals surface area contributed by atoms with Crippen molar-refractivity contribution in [3.8, 4) is 5.75 Å². The third-order valence-corrected chi connectivity index (χ3v) is 5.99. The van der Waals surface area contributed by atoms with Crippen LogP contribution < -0.4 is 10.1 Å². The smallest absolute Gasteiger partial charge is 0.390 e. The number of alkyl halides is 3. The zero-order valence-electron chi connectivity index (χ0n) is 18.7. The summed E-state index contributed by atoms with van der Waals surface area (Å²) in [6, 6.07) is 7.95. The number of benzene rings is 1. The molecule has 0 spiro atoms. The molecule has 180 valence electrons. The highest BCUT2D eigenvalue weighted by Crippen LogP contribution is 2.45. The molecule has 0 bridgehead atoms. The molecule has 2 aliphatic rings. The molecule has 1 unspecified atom stereocenters. The van der Waals surface area contributed by atoms with E-state index in [0.717, 1.165) is 24.4 Å². The number of nitrogens with one attached hydrogen (secondary N) is 1. The Morgan fingerprint density at radius 3 is 2.44 bits per heavy atom. The first-order valence-corrected chi connectivity index (χ1v) is 11.3. The average Bonchev–Trinajstić information content (AvgIpc) is 3.19. The number of piperidine rings is 1. The van der Waals surface area contributed by atoms with E-state index in [1.807, 2.05) is 36.1 Å². The number of fused-ring (bicyclic) bond motifs is 1. The minimum Gasteiger partial charge on any atom is -0.492 e. The van der Waals surface area contributed by atoms with Crippen LogP contribution in [0.15, 0.2) is 24.3 Å². The number of likely N-dealkylation sites (tertiary alicyclic amines) is 1. The molecule has 1 N–H and O–H groups in total. The summed E-state index contributed by atoms with van der Waals surface area (Å²) in [6.07, 6.45) is -4.98. The van der Waals surface area contributed by atoms with Crippen LogP contribution in [0, 0.1) is 11.8 Å². The van der Waals surface area contributed by atoms with Crippen LogP contribution in [0.4, 0.5) is 13.2 Å². The van der Waals surface area contributed by atoms with E-state index in [2.05, 4.69) is 5.32 Å². The summed E-state index contributed by atoms with van der Waals surface area (Å²) >= 11 is 0. The number of halogens is 3. The molecule has 2 fully saturated rings. The van der Waals surface area contributed by atoms with Gasteiger partial charge in [-0.2, -0.15) is 13.2 Å². The number of ether oxygens (including phenoxy) is 3. The Hall–Kier alpha value is -1.84. The van der Waals surface area contributed by atoms with Gasteiger partial charge < -0.3 is 24.4 Å². The van der Waals surface area contributed by atoms with E-state index in [4.69, 9.17) is 14.2 Å². The maximum absolute atomic E-state index is 12.3. The summed E-state index contributed by atoms with van der Waals surface area (Å²) in [6.45, 7) is 7.17. The molecule has 1 saturated heterocycles. The molecule has 9 heteroatoms. The fraction of sp³-hybridized carbons (Fsp3) is 0.696.